The molecule has 0 amide bonds. The van der Waals surface area contributed by atoms with E-state index in [-0.39, 0.29) is 0 Å². The maximum absolute atomic E-state index is 6.11. The van der Waals surface area contributed by atoms with Crippen molar-refractivity contribution in [1.29, 1.82) is 0 Å². The quantitative estimate of drug-likeness (QED) is 0.828. The number of pyridine rings is 1. The van der Waals surface area contributed by atoms with Crippen LogP contribution >= 0.6 is 11.6 Å². The lowest BCUT2D eigenvalue weighted by molar-refractivity contribution is 0.701. The number of fused-ring (bicyclic) bond motifs is 1. The van der Waals surface area contributed by atoms with Gasteiger partial charge >= 0.3 is 0 Å². The topological polar surface area (TPSA) is 29.3 Å². The maximum atomic E-state index is 6.11. The van der Waals surface area contributed by atoms with Crippen molar-refractivity contribution in [2.24, 2.45) is 0 Å². The average Bonchev–Trinajstić information content (AvgIpc) is 2.56. The zero-order chi connectivity index (χ0) is 11.5. The highest BCUT2D eigenvalue weighted by molar-refractivity contribution is 6.32. The third kappa shape index (κ3) is 2.20. The highest BCUT2D eigenvalue weighted by atomic mass is 35.5. The number of rotatable bonds is 4. The van der Waals surface area contributed by atoms with Crippen LogP contribution in [0.25, 0.3) is 5.52 Å². The highest BCUT2D eigenvalue weighted by Gasteiger charge is 2.08. The van der Waals surface area contributed by atoms with Crippen LogP contribution in [-0.2, 0) is 6.42 Å². The van der Waals surface area contributed by atoms with E-state index in [2.05, 4.69) is 33.8 Å². The molecule has 0 spiro atoms. The standard InChI is InChI=1S/C12H16ClN3/c1-9-5-7-16-10(8-9)12(13)15-11(16)4-3-6-14-2/h5,7-8,14H,3-4,6H2,1-2H3. The van der Waals surface area contributed by atoms with Gasteiger partial charge in [0.2, 0.25) is 0 Å². The predicted octanol–water partition coefficient (Wildman–Crippen LogP) is 2.45. The molecule has 0 fully saturated rings. The van der Waals surface area contributed by atoms with Crippen LogP contribution in [0.4, 0.5) is 0 Å². The van der Waals surface area contributed by atoms with Crippen molar-refractivity contribution in [1.82, 2.24) is 14.7 Å². The molecule has 4 heteroatoms. The van der Waals surface area contributed by atoms with Crippen molar-refractivity contribution in [2.45, 2.75) is 19.8 Å². The SMILES string of the molecule is CNCCCc1nc(Cl)c2cc(C)ccn12. The van der Waals surface area contributed by atoms with Crippen LogP contribution in [0.1, 0.15) is 17.8 Å². The van der Waals surface area contributed by atoms with Crippen LogP contribution in [0.3, 0.4) is 0 Å². The number of hydrogen-bond acceptors (Lipinski definition) is 2. The van der Waals surface area contributed by atoms with Crippen molar-refractivity contribution in [3.8, 4) is 0 Å². The van der Waals surface area contributed by atoms with Crippen molar-refractivity contribution >= 4 is 17.1 Å². The van der Waals surface area contributed by atoms with Gasteiger partial charge in [-0.15, -0.1) is 0 Å². The molecule has 3 nitrogen and oxygen atoms in total. The Hall–Kier alpha value is -1.06. The number of aromatic nitrogens is 2. The van der Waals surface area contributed by atoms with Gasteiger partial charge in [0.1, 0.15) is 5.82 Å². The Bertz CT molecular complexity index is 490. The van der Waals surface area contributed by atoms with E-state index >= 15 is 0 Å². The molecule has 16 heavy (non-hydrogen) atoms. The Morgan fingerprint density at radius 1 is 1.50 bits per heavy atom. The van der Waals surface area contributed by atoms with Gasteiger partial charge < -0.3 is 9.72 Å². The molecule has 2 aromatic heterocycles. The zero-order valence-electron chi connectivity index (χ0n) is 9.63. The molecule has 0 aliphatic rings. The molecule has 0 saturated carbocycles. The third-order valence-electron chi connectivity index (χ3n) is 2.65. The minimum absolute atomic E-state index is 0.600. The largest absolute Gasteiger partial charge is 0.320 e. The molecule has 86 valence electrons. The minimum atomic E-state index is 0.600. The zero-order valence-corrected chi connectivity index (χ0v) is 10.4. The first kappa shape index (κ1) is 11.4. The normalized spacial score (nSPS) is 11.2. The van der Waals surface area contributed by atoms with E-state index in [0.29, 0.717) is 5.15 Å². The molecule has 0 unspecified atom stereocenters. The molecule has 0 radical (unpaired) electrons. The Kier molecular flexibility index (Phi) is 3.46. The summed E-state index contributed by atoms with van der Waals surface area (Å²) in [7, 11) is 1.96. The second kappa shape index (κ2) is 4.85. The summed E-state index contributed by atoms with van der Waals surface area (Å²) in [5, 5.41) is 3.73. The molecule has 2 heterocycles. The number of hydrogen-bond donors (Lipinski definition) is 1. The first-order valence-corrected chi connectivity index (χ1v) is 5.88. The molecular formula is C12H16ClN3. The fraction of sp³-hybridized carbons (Fsp3) is 0.417. The van der Waals surface area contributed by atoms with E-state index in [1.165, 1.54) is 5.56 Å². The molecule has 0 aromatic carbocycles. The van der Waals surface area contributed by atoms with Gasteiger partial charge in [-0.25, -0.2) is 4.98 Å². The van der Waals surface area contributed by atoms with Gasteiger partial charge in [0, 0.05) is 12.6 Å². The summed E-state index contributed by atoms with van der Waals surface area (Å²) in [5.74, 6) is 1.04. The van der Waals surface area contributed by atoms with Crippen molar-refractivity contribution < 1.29 is 0 Å². The van der Waals surface area contributed by atoms with Gasteiger partial charge in [0.15, 0.2) is 5.15 Å². The molecule has 1 N–H and O–H groups in total. The number of aryl methyl sites for hydroxylation is 2. The fourth-order valence-electron chi connectivity index (χ4n) is 1.81. The summed E-state index contributed by atoms with van der Waals surface area (Å²) in [5.41, 5.74) is 2.21. The van der Waals surface area contributed by atoms with Crippen LogP contribution in [0.2, 0.25) is 5.15 Å². The van der Waals surface area contributed by atoms with E-state index in [0.717, 1.165) is 30.7 Å². The van der Waals surface area contributed by atoms with Crippen molar-refractivity contribution in [3.63, 3.8) is 0 Å². The van der Waals surface area contributed by atoms with E-state index in [1.807, 2.05) is 13.2 Å². The van der Waals surface area contributed by atoms with Gasteiger partial charge in [0.25, 0.3) is 0 Å². The summed E-state index contributed by atoms with van der Waals surface area (Å²) in [6, 6.07) is 4.14. The molecule has 0 saturated heterocycles. The second-order valence-electron chi connectivity index (χ2n) is 3.99. The first-order chi connectivity index (χ1) is 7.72. The summed E-state index contributed by atoms with van der Waals surface area (Å²) < 4.78 is 2.07. The molecular weight excluding hydrogens is 222 g/mol. The minimum Gasteiger partial charge on any atom is -0.320 e. The second-order valence-corrected chi connectivity index (χ2v) is 4.34. The van der Waals surface area contributed by atoms with Crippen LogP contribution < -0.4 is 5.32 Å². The molecule has 0 aliphatic carbocycles. The lowest BCUT2D eigenvalue weighted by Gasteiger charge is -2.01. The van der Waals surface area contributed by atoms with Crippen molar-refractivity contribution in [2.75, 3.05) is 13.6 Å². The third-order valence-corrected chi connectivity index (χ3v) is 2.93. The molecule has 0 aliphatic heterocycles. The van der Waals surface area contributed by atoms with Crippen LogP contribution in [0, 0.1) is 6.92 Å². The van der Waals surface area contributed by atoms with Crippen LogP contribution in [0.5, 0.6) is 0 Å². The van der Waals surface area contributed by atoms with Crippen LogP contribution in [0.15, 0.2) is 18.3 Å². The summed E-state index contributed by atoms with van der Waals surface area (Å²) in [6.45, 7) is 3.06. The van der Waals surface area contributed by atoms with Gasteiger partial charge in [-0.1, -0.05) is 11.6 Å². The lowest BCUT2D eigenvalue weighted by Crippen LogP contribution is -2.09. The Labute approximate surface area is 100 Å². The van der Waals surface area contributed by atoms with E-state index < -0.39 is 0 Å². The summed E-state index contributed by atoms with van der Waals surface area (Å²) >= 11 is 6.11. The van der Waals surface area contributed by atoms with E-state index in [4.69, 9.17) is 11.6 Å². The highest BCUT2D eigenvalue weighted by Crippen LogP contribution is 2.20. The summed E-state index contributed by atoms with van der Waals surface area (Å²) in [6.07, 6.45) is 4.05. The first-order valence-electron chi connectivity index (χ1n) is 5.50. The van der Waals surface area contributed by atoms with E-state index in [9.17, 15) is 0 Å². The smallest absolute Gasteiger partial charge is 0.155 e. The fourth-order valence-corrected chi connectivity index (χ4v) is 2.06. The maximum Gasteiger partial charge on any atom is 0.155 e. The Morgan fingerprint density at radius 2 is 2.31 bits per heavy atom. The number of halogens is 1. The van der Waals surface area contributed by atoms with E-state index in [1.54, 1.807) is 0 Å². The van der Waals surface area contributed by atoms with Gasteiger partial charge in [-0.2, -0.15) is 0 Å². The van der Waals surface area contributed by atoms with Gasteiger partial charge in [-0.05, 0) is 44.6 Å². The number of nitrogens with zero attached hydrogens (tertiary/aromatic N) is 2. The average molecular weight is 238 g/mol. The van der Waals surface area contributed by atoms with Crippen LogP contribution in [-0.4, -0.2) is 23.0 Å². The lowest BCUT2D eigenvalue weighted by atomic mass is 10.2. The molecule has 0 bridgehead atoms. The Balaban J connectivity index is 2.32. The van der Waals surface area contributed by atoms with Gasteiger partial charge in [-0.3, -0.25) is 0 Å². The molecule has 0 atom stereocenters. The number of imidazole rings is 1. The number of nitrogens with one attached hydrogen (secondary N) is 1. The van der Waals surface area contributed by atoms with Crippen molar-refractivity contribution in [3.05, 3.63) is 34.9 Å². The monoisotopic (exact) mass is 237 g/mol. The summed E-state index contributed by atoms with van der Waals surface area (Å²) in [4.78, 5) is 4.40. The predicted molar refractivity (Wildman–Crippen MR) is 67.2 cm³/mol. The molecule has 2 aromatic rings. The molecule has 2 rings (SSSR count). The van der Waals surface area contributed by atoms with Gasteiger partial charge in [0.05, 0.1) is 5.52 Å². The Morgan fingerprint density at radius 3 is 3.06 bits per heavy atom.